The molecular formula is C21H26N8O2. The Morgan fingerprint density at radius 2 is 2.03 bits per heavy atom. The summed E-state index contributed by atoms with van der Waals surface area (Å²) in [6, 6.07) is 7.73. The van der Waals surface area contributed by atoms with Crippen molar-refractivity contribution in [1.82, 2.24) is 25.5 Å². The van der Waals surface area contributed by atoms with Gasteiger partial charge in [0.2, 0.25) is 5.95 Å². The zero-order valence-electron chi connectivity index (χ0n) is 17.2. The van der Waals surface area contributed by atoms with Crippen LogP contribution in [0.2, 0.25) is 0 Å². The number of nitrogens with two attached hydrogens (primary N) is 2. The van der Waals surface area contributed by atoms with Crippen molar-refractivity contribution in [3.8, 4) is 11.3 Å². The molecule has 1 amide bonds. The Bertz CT molecular complexity index is 1110. The standard InChI is InChI=1S/C21H26N8O2/c22-19-15-7-6-12(9-17(15)27-28-19)16-10-18(26-20(23)25-16)29-8-2-3-13(11-29)24-21(30)31-14-4-1-5-14/h6-7,9-10,13-14H,1-5,8,11H2,(H,24,30)(H3,22,27,28)(H2,23,25,26)/t13-/m1/s1. The summed E-state index contributed by atoms with van der Waals surface area (Å²) in [6.45, 7) is 1.48. The third kappa shape index (κ3) is 4.05. The fraction of sp³-hybridized carbons (Fsp3) is 0.429. The SMILES string of the molecule is Nc1nc(-c2ccc3c(N)n[nH]c3c2)cc(N2CCC[C@@H](NC(=O)OC3CCC3)C2)n1. The van der Waals surface area contributed by atoms with Gasteiger partial charge in [0, 0.05) is 36.1 Å². The van der Waals surface area contributed by atoms with Crippen LogP contribution in [0.15, 0.2) is 24.3 Å². The number of rotatable bonds is 4. The number of hydrogen-bond donors (Lipinski definition) is 4. The second-order valence-electron chi connectivity index (χ2n) is 8.23. The quantitative estimate of drug-likeness (QED) is 0.501. The lowest BCUT2D eigenvalue weighted by Crippen LogP contribution is -2.49. The van der Waals surface area contributed by atoms with Gasteiger partial charge in [-0.3, -0.25) is 5.10 Å². The minimum atomic E-state index is -0.327. The van der Waals surface area contributed by atoms with Gasteiger partial charge in [-0.1, -0.05) is 6.07 Å². The molecule has 1 aromatic carbocycles. The number of piperidine rings is 1. The highest BCUT2D eigenvalue weighted by atomic mass is 16.6. The minimum Gasteiger partial charge on any atom is -0.446 e. The van der Waals surface area contributed by atoms with Crippen LogP contribution in [0.1, 0.15) is 32.1 Å². The van der Waals surface area contributed by atoms with E-state index in [9.17, 15) is 4.79 Å². The van der Waals surface area contributed by atoms with Gasteiger partial charge in [0.15, 0.2) is 5.82 Å². The van der Waals surface area contributed by atoms with Crippen LogP contribution >= 0.6 is 0 Å². The average Bonchev–Trinajstić information content (AvgIpc) is 3.11. The zero-order chi connectivity index (χ0) is 21.4. The number of amides is 1. The first-order valence-electron chi connectivity index (χ1n) is 10.7. The number of carbonyl (C=O) groups is 1. The molecule has 1 aliphatic carbocycles. The molecule has 3 heterocycles. The molecule has 0 bridgehead atoms. The summed E-state index contributed by atoms with van der Waals surface area (Å²) in [6.07, 6.45) is 4.65. The molecule has 10 heteroatoms. The van der Waals surface area contributed by atoms with Gasteiger partial charge in [0.1, 0.15) is 11.9 Å². The molecule has 3 aromatic rings. The maximum absolute atomic E-state index is 12.1. The molecular weight excluding hydrogens is 396 g/mol. The van der Waals surface area contributed by atoms with E-state index in [0.717, 1.165) is 66.6 Å². The molecule has 2 fully saturated rings. The topological polar surface area (TPSA) is 148 Å². The highest BCUT2D eigenvalue weighted by Gasteiger charge is 2.26. The van der Waals surface area contributed by atoms with Gasteiger partial charge < -0.3 is 26.4 Å². The van der Waals surface area contributed by atoms with Crippen molar-refractivity contribution in [2.45, 2.75) is 44.2 Å². The van der Waals surface area contributed by atoms with E-state index in [1.54, 1.807) is 0 Å². The Balaban J connectivity index is 1.33. The number of nitrogens with zero attached hydrogens (tertiary/aromatic N) is 4. The molecule has 10 nitrogen and oxygen atoms in total. The van der Waals surface area contributed by atoms with Crippen LogP contribution in [-0.4, -0.2) is 51.5 Å². The predicted molar refractivity (Wildman–Crippen MR) is 118 cm³/mol. The number of hydrogen-bond acceptors (Lipinski definition) is 8. The van der Waals surface area contributed by atoms with E-state index in [2.05, 4.69) is 30.4 Å². The highest BCUT2D eigenvalue weighted by molar-refractivity contribution is 5.91. The highest BCUT2D eigenvalue weighted by Crippen LogP contribution is 2.28. The third-order valence-corrected chi connectivity index (χ3v) is 6.01. The monoisotopic (exact) mass is 422 g/mol. The van der Waals surface area contributed by atoms with E-state index < -0.39 is 0 Å². The van der Waals surface area contributed by atoms with Gasteiger partial charge in [-0.15, -0.1) is 0 Å². The maximum Gasteiger partial charge on any atom is 0.407 e. The lowest BCUT2D eigenvalue weighted by molar-refractivity contribution is 0.0500. The van der Waals surface area contributed by atoms with E-state index in [1.165, 1.54) is 0 Å². The van der Waals surface area contributed by atoms with Crippen LogP contribution in [0, 0.1) is 0 Å². The molecule has 2 aromatic heterocycles. The summed E-state index contributed by atoms with van der Waals surface area (Å²) in [5.74, 6) is 1.41. The van der Waals surface area contributed by atoms with E-state index >= 15 is 0 Å². The van der Waals surface area contributed by atoms with Crippen LogP contribution in [0.4, 0.5) is 22.4 Å². The summed E-state index contributed by atoms with van der Waals surface area (Å²) in [5, 5.41) is 10.8. The van der Waals surface area contributed by atoms with E-state index in [0.29, 0.717) is 12.4 Å². The first kappa shape index (κ1) is 19.4. The minimum absolute atomic E-state index is 0.00489. The maximum atomic E-state index is 12.1. The lowest BCUT2D eigenvalue weighted by atomic mass is 9.96. The number of aromatic amines is 1. The van der Waals surface area contributed by atoms with Crippen molar-refractivity contribution in [2.24, 2.45) is 0 Å². The molecule has 2 aliphatic rings. The van der Waals surface area contributed by atoms with Gasteiger partial charge in [0.25, 0.3) is 0 Å². The number of H-pyrrole nitrogens is 1. The number of benzene rings is 1. The lowest BCUT2D eigenvalue weighted by Gasteiger charge is -2.34. The van der Waals surface area contributed by atoms with Crippen molar-refractivity contribution < 1.29 is 9.53 Å². The number of aromatic nitrogens is 4. The smallest absolute Gasteiger partial charge is 0.407 e. The van der Waals surface area contributed by atoms with Crippen LogP contribution in [0.5, 0.6) is 0 Å². The molecule has 6 N–H and O–H groups in total. The largest absolute Gasteiger partial charge is 0.446 e. The molecule has 0 spiro atoms. The Morgan fingerprint density at radius 3 is 2.84 bits per heavy atom. The molecule has 5 rings (SSSR count). The van der Waals surface area contributed by atoms with Crippen molar-refractivity contribution in [2.75, 3.05) is 29.5 Å². The second-order valence-corrected chi connectivity index (χ2v) is 8.23. The van der Waals surface area contributed by atoms with Crippen molar-refractivity contribution in [1.29, 1.82) is 0 Å². The molecule has 162 valence electrons. The average molecular weight is 422 g/mol. The molecule has 1 atom stereocenters. The van der Waals surface area contributed by atoms with E-state index in [-0.39, 0.29) is 24.2 Å². The van der Waals surface area contributed by atoms with Crippen LogP contribution in [-0.2, 0) is 4.74 Å². The number of alkyl carbamates (subject to hydrolysis) is 1. The zero-order valence-corrected chi connectivity index (χ0v) is 17.2. The van der Waals surface area contributed by atoms with Gasteiger partial charge >= 0.3 is 6.09 Å². The van der Waals surface area contributed by atoms with Crippen molar-refractivity contribution in [3.63, 3.8) is 0 Å². The van der Waals surface area contributed by atoms with Gasteiger partial charge in [-0.25, -0.2) is 9.78 Å². The third-order valence-electron chi connectivity index (χ3n) is 6.01. The summed E-state index contributed by atoms with van der Waals surface area (Å²) in [5.41, 5.74) is 14.3. The number of nitrogens with one attached hydrogen (secondary N) is 2. The van der Waals surface area contributed by atoms with Gasteiger partial charge in [-0.05, 0) is 44.2 Å². The predicted octanol–water partition coefficient (Wildman–Crippen LogP) is 2.43. The molecule has 0 unspecified atom stereocenters. The number of fused-ring (bicyclic) bond motifs is 1. The van der Waals surface area contributed by atoms with Gasteiger partial charge in [0.05, 0.1) is 11.2 Å². The number of nitrogen functional groups attached to an aromatic ring is 2. The fourth-order valence-corrected chi connectivity index (χ4v) is 4.11. The number of ether oxygens (including phenoxy) is 1. The second kappa shape index (κ2) is 7.93. The van der Waals surface area contributed by atoms with Crippen LogP contribution in [0.25, 0.3) is 22.2 Å². The van der Waals surface area contributed by atoms with Crippen LogP contribution in [0.3, 0.4) is 0 Å². The molecule has 1 aliphatic heterocycles. The van der Waals surface area contributed by atoms with Crippen molar-refractivity contribution in [3.05, 3.63) is 24.3 Å². The fourth-order valence-electron chi connectivity index (χ4n) is 4.11. The molecule has 1 saturated heterocycles. The van der Waals surface area contributed by atoms with E-state index in [4.69, 9.17) is 16.2 Å². The molecule has 31 heavy (non-hydrogen) atoms. The Hall–Kier alpha value is -3.56. The first-order valence-corrected chi connectivity index (χ1v) is 10.7. The normalized spacial score (nSPS) is 19.2. The first-order chi connectivity index (χ1) is 15.0. The van der Waals surface area contributed by atoms with Crippen molar-refractivity contribution >= 4 is 34.6 Å². The summed E-state index contributed by atoms with van der Waals surface area (Å²) < 4.78 is 5.43. The Morgan fingerprint density at radius 1 is 1.16 bits per heavy atom. The summed E-state index contributed by atoms with van der Waals surface area (Å²) in [4.78, 5) is 23.1. The summed E-state index contributed by atoms with van der Waals surface area (Å²) >= 11 is 0. The molecule has 0 radical (unpaired) electrons. The van der Waals surface area contributed by atoms with E-state index in [1.807, 2.05) is 24.3 Å². The van der Waals surface area contributed by atoms with Crippen LogP contribution < -0.4 is 21.7 Å². The van der Waals surface area contributed by atoms with Gasteiger partial charge in [-0.2, -0.15) is 10.1 Å². The number of carbonyl (C=O) groups excluding carboxylic acids is 1. The Kier molecular flexibility index (Phi) is 4.97. The summed E-state index contributed by atoms with van der Waals surface area (Å²) in [7, 11) is 0. The Labute approximate surface area is 179 Å². The molecule has 1 saturated carbocycles. The number of anilines is 3.